The van der Waals surface area contributed by atoms with Crippen LogP contribution in [0.25, 0.3) is 0 Å². The molecule has 31 heavy (non-hydrogen) atoms. The zero-order valence-electron chi connectivity index (χ0n) is 17.7. The van der Waals surface area contributed by atoms with Crippen LogP contribution >= 0.6 is 0 Å². The number of anilines is 2. The van der Waals surface area contributed by atoms with Crippen LogP contribution in [0.15, 0.2) is 48.5 Å². The van der Waals surface area contributed by atoms with Crippen molar-refractivity contribution in [2.45, 2.75) is 25.2 Å². The van der Waals surface area contributed by atoms with Crippen LogP contribution in [0.5, 0.6) is 5.75 Å². The zero-order chi connectivity index (χ0) is 22.3. The van der Waals surface area contributed by atoms with Crippen molar-refractivity contribution < 1.29 is 23.9 Å². The first-order chi connectivity index (χ1) is 14.9. The number of ether oxygens (including phenoxy) is 2. The number of hydrogen-bond acceptors (Lipinski definition) is 5. The van der Waals surface area contributed by atoms with Gasteiger partial charge in [0.25, 0.3) is 0 Å². The molecule has 1 fully saturated rings. The van der Waals surface area contributed by atoms with Crippen LogP contribution in [-0.4, -0.2) is 44.6 Å². The summed E-state index contributed by atoms with van der Waals surface area (Å²) in [5.41, 5.74) is 1.68. The summed E-state index contributed by atoms with van der Waals surface area (Å²) in [5.74, 6) is -0.906. The van der Waals surface area contributed by atoms with E-state index in [1.54, 1.807) is 31.4 Å². The van der Waals surface area contributed by atoms with Crippen molar-refractivity contribution >= 4 is 29.1 Å². The summed E-state index contributed by atoms with van der Waals surface area (Å²) in [6.07, 6.45) is 1.42. The van der Waals surface area contributed by atoms with Crippen molar-refractivity contribution in [1.82, 2.24) is 5.32 Å². The summed E-state index contributed by atoms with van der Waals surface area (Å²) >= 11 is 0. The third-order valence-electron chi connectivity index (χ3n) is 5.38. The summed E-state index contributed by atoms with van der Waals surface area (Å²) in [7, 11) is 1.62. The van der Waals surface area contributed by atoms with E-state index in [-0.39, 0.29) is 11.3 Å². The monoisotopic (exact) mass is 425 g/mol. The molecule has 1 heterocycles. The van der Waals surface area contributed by atoms with E-state index in [4.69, 9.17) is 9.47 Å². The maximum Gasteiger partial charge on any atom is 0.313 e. The molecule has 0 bridgehead atoms. The number of benzene rings is 2. The molecule has 1 saturated heterocycles. The van der Waals surface area contributed by atoms with Crippen LogP contribution in [0.2, 0.25) is 0 Å². The fraction of sp³-hybridized carbons (Fsp3) is 0.348. The average molecular weight is 425 g/mol. The number of carbonyl (C=O) groups excluding carboxylic acids is 3. The van der Waals surface area contributed by atoms with Gasteiger partial charge in [-0.15, -0.1) is 0 Å². The van der Waals surface area contributed by atoms with Crippen LogP contribution in [0.4, 0.5) is 11.4 Å². The molecule has 8 nitrogen and oxygen atoms in total. The molecule has 0 aromatic heterocycles. The van der Waals surface area contributed by atoms with Crippen molar-refractivity contribution in [3.05, 3.63) is 54.1 Å². The molecule has 0 radical (unpaired) electrons. The van der Waals surface area contributed by atoms with Crippen molar-refractivity contribution in [2.24, 2.45) is 0 Å². The van der Waals surface area contributed by atoms with Crippen LogP contribution in [0, 0.1) is 0 Å². The van der Waals surface area contributed by atoms with Gasteiger partial charge in [0.1, 0.15) is 5.75 Å². The summed E-state index contributed by atoms with van der Waals surface area (Å²) in [6.45, 7) is 2.85. The molecule has 0 saturated carbocycles. The van der Waals surface area contributed by atoms with Gasteiger partial charge >= 0.3 is 11.8 Å². The summed E-state index contributed by atoms with van der Waals surface area (Å²) in [6, 6.07) is 14.3. The minimum absolute atomic E-state index is 0.187. The quantitative estimate of drug-likeness (QED) is 0.617. The van der Waals surface area contributed by atoms with Gasteiger partial charge in [0.15, 0.2) is 0 Å². The molecule has 3 N–H and O–H groups in total. The first kappa shape index (κ1) is 22.3. The van der Waals surface area contributed by atoms with Crippen molar-refractivity contribution in [1.29, 1.82) is 0 Å². The number of rotatable bonds is 6. The first-order valence-electron chi connectivity index (χ1n) is 10.1. The van der Waals surface area contributed by atoms with Gasteiger partial charge in [-0.2, -0.15) is 0 Å². The molecule has 3 amide bonds. The Labute approximate surface area is 181 Å². The van der Waals surface area contributed by atoms with Gasteiger partial charge in [-0.3, -0.25) is 14.4 Å². The fourth-order valence-corrected chi connectivity index (χ4v) is 3.74. The summed E-state index contributed by atoms with van der Waals surface area (Å²) < 4.78 is 11.1. The molecule has 2 aromatic rings. The number of nitrogens with one attached hydrogen (secondary N) is 3. The standard InChI is InChI=1S/C23H27N3O5/c1-16(27)25-17-7-9-18(10-8-17)26-22(29)21(28)24-15-23(11-13-31-14-12-23)19-5-3-4-6-20(19)30-2/h3-10H,11-15H2,1-2H3,(H,24,28)(H,25,27)(H,26,29). The smallest absolute Gasteiger partial charge is 0.313 e. The van der Waals surface area contributed by atoms with E-state index in [9.17, 15) is 14.4 Å². The Bertz CT molecular complexity index is 936. The molecule has 164 valence electrons. The molecule has 0 spiro atoms. The molecular weight excluding hydrogens is 398 g/mol. The maximum absolute atomic E-state index is 12.5. The normalized spacial score (nSPS) is 14.9. The van der Waals surface area contributed by atoms with Crippen molar-refractivity contribution in [3.8, 4) is 5.75 Å². The topological polar surface area (TPSA) is 106 Å². The van der Waals surface area contributed by atoms with Gasteiger partial charge in [-0.1, -0.05) is 18.2 Å². The highest BCUT2D eigenvalue weighted by Gasteiger charge is 2.37. The van der Waals surface area contributed by atoms with Crippen LogP contribution in [0.1, 0.15) is 25.3 Å². The minimum Gasteiger partial charge on any atom is -0.496 e. The highest BCUT2D eigenvalue weighted by atomic mass is 16.5. The van der Waals surface area contributed by atoms with E-state index < -0.39 is 11.8 Å². The number of para-hydroxylation sites is 1. The molecule has 0 unspecified atom stereocenters. The van der Waals surface area contributed by atoms with Gasteiger partial charge in [0.05, 0.1) is 7.11 Å². The fourth-order valence-electron chi connectivity index (χ4n) is 3.74. The summed E-state index contributed by atoms with van der Waals surface area (Å²) in [5, 5.41) is 8.00. The highest BCUT2D eigenvalue weighted by molar-refractivity contribution is 6.39. The molecule has 0 atom stereocenters. The van der Waals surface area contributed by atoms with Gasteiger partial charge in [0, 0.05) is 49.0 Å². The van der Waals surface area contributed by atoms with Crippen molar-refractivity contribution in [3.63, 3.8) is 0 Å². The van der Waals surface area contributed by atoms with E-state index >= 15 is 0 Å². The third kappa shape index (κ3) is 5.61. The Morgan fingerprint density at radius 3 is 2.16 bits per heavy atom. The maximum atomic E-state index is 12.5. The summed E-state index contributed by atoms with van der Waals surface area (Å²) in [4.78, 5) is 35.9. The number of methoxy groups -OCH3 is 1. The Morgan fingerprint density at radius 1 is 0.935 bits per heavy atom. The zero-order valence-corrected chi connectivity index (χ0v) is 17.7. The van der Waals surface area contributed by atoms with E-state index in [0.717, 1.165) is 11.3 Å². The Balaban J connectivity index is 1.65. The second-order valence-electron chi connectivity index (χ2n) is 7.49. The molecule has 0 aliphatic carbocycles. The third-order valence-corrected chi connectivity index (χ3v) is 5.38. The second kappa shape index (κ2) is 10.1. The number of hydrogen-bond donors (Lipinski definition) is 3. The lowest BCUT2D eigenvalue weighted by atomic mass is 9.73. The van der Waals surface area contributed by atoms with Gasteiger partial charge in [0.2, 0.25) is 5.91 Å². The SMILES string of the molecule is COc1ccccc1C1(CNC(=O)C(=O)Nc2ccc(NC(C)=O)cc2)CCOCC1. The Kier molecular flexibility index (Phi) is 7.25. The predicted molar refractivity (Wildman–Crippen MR) is 117 cm³/mol. The molecule has 3 rings (SSSR count). The number of carbonyl (C=O) groups is 3. The Hall–Kier alpha value is -3.39. The van der Waals surface area contributed by atoms with Crippen molar-refractivity contribution in [2.75, 3.05) is 37.5 Å². The van der Waals surface area contributed by atoms with E-state index in [2.05, 4.69) is 16.0 Å². The van der Waals surface area contributed by atoms with Crippen LogP contribution in [-0.2, 0) is 24.5 Å². The number of amides is 3. The molecule has 1 aliphatic heterocycles. The molecule has 8 heteroatoms. The van der Waals surface area contributed by atoms with E-state index in [0.29, 0.717) is 44.0 Å². The lowest BCUT2D eigenvalue weighted by Gasteiger charge is -2.38. The molecule has 2 aromatic carbocycles. The van der Waals surface area contributed by atoms with Gasteiger partial charge < -0.3 is 25.4 Å². The highest BCUT2D eigenvalue weighted by Crippen LogP contribution is 2.39. The van der Waals surface area contributed by atoms with Crippen LogP contribution in [0.3, 0.4) is 0 Å². The van der Waals surface area contributed by atoms with Gasteiger partial charge in [-0.05, 0) is 43.2 Å². The average Bonchev–Trinajstić information content (AvgIpc) is 2.79. The molecular formula is C23H27N3O5. The van der Waals surface area contributed by atoms with E-state index in [1.807, 2.05) is 24.3 Å². The van der Waals surface area contributed by atoms with Crippen LogP contribution < -0.4 is 20.7 Å². The lowest BCUT2D eigenvalue weighted by molar-refractivity contribution is -0.136. The van der Waals surface area contributed by atoms with E-state index in [1.165, 1.54) is 6.92 Å². The second-order valence-corrected chi connectivity index (χ2v) is 7.49. The largest absolute Gasteiger partial charge is 0.496 e. The minimum atomic E-state index is -0.755. The van der Waals surface area contributed by atoms with Gasteiger partial charge in [-0.25, -0.2) is 0 Å². The Morgan fingerprint density at radius 2 is 1.55 bits per heavy atom. The first-order valence-corrected chi connectivity index (χ1v) is 10.1. The lowest BCUT2D eigenvalue weighted by Crippen LogP contribution is -2.47. The predicted octanol–water partition coefficient (Wildman–Crippen LogP) is 2.46. The molecule has 1 aliphatic rings.